The molecule has 0 saturated carbocycles. The number of hydrogen-bond donors (Lipinski definition) is 6. The lowest BCUT2D eigenvalue weighted by atomic mass is 10.1. The van der Waals surface area contributed by atoms with Gasteiger partial charge in [-0.3, -0.25) is 14.4 Å². The van der Waals surface area contributed by atoms with Crippen molar-refractivity contribution < 1.29 is 29.4 Å². The minimum Gasteiger partial charge on any atom is -0.481 e. The molecule has 1 rings (SSSR count). The van der Waals surface area contributed by atoms with E-state index in [1.165, 1.54) is 12.5 Å². The second-order valence-corrected chi connectivity index (χ2v) is 5.34. The predicted molar refractivity (Wildman–Crippen MR) is 84.3 cm³/mol. The van der Waals surface area contributed by atoms with E-state index in [4.69, 9.17) is 15.9 Å². The molecule has 0 aromatic carbocycles. The van der Waals surface area contributed by atoms with Gasteiger partial charge in [0, 0.05) is 12.6 Å². The molecule has 0 spiro atoms. The van der Waals surface area contributed by atoms with Crippen molar-refractivity contribution in [3.63, 3.8) is 0 Å². The number of aromatic nitrogens is 2. The third kappa shape index (κ3) is 6.59. The van der Waals surface area contributed by atoms with Crippen molar-refractivity contribution in [2.24, 2.45) is 5.73 Å². The van der Waals surface area contributed by atoms with E-state index in [-0.39, 0.29) is 6.42 Å². The van der Waals surface area contributed by atoms with Crippen molar-refractivity contribution in [3.05, 3.63) is 18.2 Å². The highest BCUT2D eigenvalue weighted by Crippen LogP contribution is 2.02. The first-order valence-corrected chi connectivity index (χ1v) is 7.53. The molecule has 0 radical (unpaired) electrons. The minimum atomic E-state index is -1.62. The SMILES string of the molecule is CC[C@H](N)C(=O)N[C@@H](Cc1c[nH]cn1)C(=O)N[C@@H](CC(=O)O)C(=O)O. The van der Waals surface area contributed by atoms with Crippen LogP contribution in [0.25, 0.3) is 0 Å². The number of rotatable bonds is 10. The van der Waals surface area contributed by atoms with E-state index in [2.05, 4.69) is 20.6 Å². The van der Waals surface area contributed by atoms with Crippen LogP contribution in [0.3, 0.4) is 0 Å². The van der Waals surface area contributed by atoms with Gasteiger partial charge in [-0.25, -0.2) is 9.78 Å². The highest BCUT2D eigenvalue weighted by atomic mass is 16.4. The highest BCUT2D eigenvalue weighted by molar-refractivity contribution is 5.92. The number of amides is 2. The number of nitrogens with zero attached hydrogens (tertiary/aromatic N) is 1. The molecule has 0 bridgehead atoms. The molecule has 1 aromatic rings. The molecule has 138 valence electrons. The highest BCUT2D eigenvalue weighted by Gasteiger charge is 2.29. The number of carbonyl (C=O) groups is 4. The Bertz CT molecular complexity index is 617. The Labute approximate surface area is 143 Å². The fourth-order valence-electron chi connectivity index (χ4n) is 1.93. The summed E-state index contributed by atoms with van der Waals surface area (Å²) in [6.45, 7) is 1.69. The van der Waals surface area contributed by atoms with Gasteiger partial charge in [0.1, 0.15) is 12.1 Å². The van der Waals surface area contributed by atoms with Crippen LogP contribution in [0, 0.1) is 0 Å². The van der Waals surface area contributed by atoms with Crippen LogP contribution in [0.5, 0.6) is 0 Å². The Hall–Kier alpha value is -2.95. The van der Waals surface area contributed by atoms with Gasteiger partial charge in [0.05, 0.1) is 24.5 Å². The lowest BCUT2D eigenvalue weighted by molar-refractivity contribution is -0.147. The lowest BCUT2D eigenvalue weighted by Crippen LogP contribution is -2.55. The largest absolute Gasteiger partial charge is 0.481 e. The van der Waals surface area contributed by atoms with Gasteiger partial charge in [0.15, 0.2) is 0 Å². The van der Waals surface area contributed by atoms with Gasteiger partial charge in [-0.1, -0.05) is 6.92 Å². The molecule has 1 heterocycles. The number of carbonyl (C=O) groups excluding carboxylic acids is 2. The number of hydrogen-bond acceptors (Lipinski definition) is 6. The van der Waals surface area contributed by atoms with Gasteiger partial charge >= 0.3 is 11.9 Å². The zero-order valence-electron chi connectivity index (χ0n) is 13.6. The molecule has 0 unspecified atom stereocenters. The van der Waals surface area contributed by atoms with Gasteiger partial charge in [-0.05, 0) is 6.42 Å². The van der Waals surface area contributed by atoms with Crippen molar-refractivity contribution >= 4 is 23.8 Å². The summed E-state index contributed by atoms with van der Waals surface area (Å²) in [6.07, 6.45) is 2.43. The molecule has 0 aliphatic carbocycles. The number of nitrogens with two attached hydrogens (primary N) is 1. The minimum absolute atomic E-state index is 0.0169. The number of nitrogens with one attached hydrogen (secondary N) is 3. The fourth-order valence-corrected chi connectivity index (χ4v) is 1.93. The molecule has 2 amide bonds. The number of carboxylic acid groups (broad SMARTS) is 2. The molecule has 0 aliphatic heterocycles. The van der Waals surface area contributed by atoms with Gasteiger partial charge in [-0.15, -0.1) is 0 Å². The van der Waals surface area contributed by atoms with E-state index in [9.17, 15) is 19.2 Å². The van der Waals surface area contributed by atoms with Crippen molar-refractivity contribution in [2.45, 2.75) is 44.3 Å². The Kier molecular flexibility index (Phi) is 7.53. The Morgan fingerprint density at radius 1 is 1.20 bits per heavy atom. The van der Waals surface area contributed by atoms with E-state index in [0.717, 1.165) is 0 Å². The Morgan fingerprint density at radius 2 is 1.84 bits per heavy atom. The quantitative estimate of drug-likeness (QED) is 0.284. The standard InChI is InChI=1S/C14H21N5O6/c1-2-8(15)12(22)18-9(3-7-5-16-6-17-7)13(23)19-10(14(24)25)4-11(20)21/h5-6,8-10H,2-4,15H2,1H3,(H,16,17)(H,18,22)(H,19,23)(H,20,21)(H,24,25)/t8-,9-,10-/m0/s1. The van der Waals surface area contributed by atoms with Crippen LogP contribution in [0.4, 0.5) is 0 Å². The molecule has 11 heteroatoms. The molecule has 0 saturated heterocycles. The summed E-state index contributed by atoms with van der Waals surface area (Å²) in [5.74, 6) is -4.30. The summed E-state index contributed by atoms with van der Waals surface area (Å²) in [6, 6.07) is -3.60. The number of carboxylic acids is 2. The summed E-state index contributed by atoms with van der Waals surface area (Å²) in [5.41, 5.74) is 6.07. The average molecular weight is 355 g/mol. The smallest absolute Gasteiger partial charge is 0.326 e. The molecule has 7 N–H and O–H groups in total. The summed E-state index contributed by atoms with van der Waals surface area (Å²) in [4.78, 5) is 52.7. The van der Waals surface area contributed by atoms with Crippen LogP contribution in [0.1, 0.15) is 25.5 Å². The number of H-pyrrole nitrogens is 1. The van der Waals surface area contributed by atoms with E-state index in [0.29, 0.717) is 12.1 Å². The Morgan fingerprint density at radius 3 is 2.32 bits per heavy atom. The fraction of sp³-hybridized carbons (Fsp3) is 0.500. The molecular formula is C14H21N5O6. The summed E-state index contributed by atoms with van der Waals surface area (Å²) < 4.78 is 0. The third-order valence-electron chi connectivity index (χ3n) is 3.37. The normalized spacial score (nSPS) is 14.2. The molecule has 3 atom stereocenters. The van der Waals surface area contributed by atoms with Crippen LogP contribution < -0.4 is 16.4 Å². The van der Waals surface area contributed by atoms with Gasteiger partial charge in [0.25, 0.3) is 0 Å². The lowest BCUT2D eigenvalue weighted by Gasteiger charge is -2.21. The topological polar surface area (TPSA) is 187 Å². The second kappa shape index (κ2) is 9.37. The maximum absolute atomic E-state index is 12.4. The number of aromatic amines is 1. The summed E-state index contributed by atoms with van der Waals surface area (Å²) in [5, 5.41) is 22.3. The first kappa shape index (κ1) is 20.1. The monoisotopic (exact) mass is 355 g/mol. The summed E-state index contributed by atoms with van der Waals surface area (Å²) in [7, 11) is 0. The molecule has 25 heavy (non-hydrogen) atoms. The maximum atomic E-state index is 12.4. The number of aliphatic carboxylic acids is 2. The van der Waals surface area contributed by atoms with Crippen LogP contribution >= 0.6 is 0 Å². The van der Waals surface area contributed by atoms with Crippen molar-refractivity contribution in [1.29, 1.82) is 0 Å². The van der Waals surface area contributed by atoms with Gasteiger partial charge in [0.2, 0.25) is 11.8 Å². The average Bonchev–Trinajstić information content (AvgIpc) is 3.05. The zero-order valence-corrected chi connectivity index (χ0v) is 13.6. The van der Waals surface area contributed by atoms with Crippen molar-refractivity contribution in [1.82, 2.24) is 20.6 Å². The molecule has 1 aromatic heterocycles. The number of imidazole rings is 1. The molecule has 0 aliphatic rings. The van der Waals surface area contributed by atoms with E-state index in [1.54, 1.807) is 6.92 Å². The van der Waals surface area contributed by atoms with Crippen LogP contribution in [-0.2, 0) is 25.6 Å². The molecule has 0 fully saturated rings. The molecule has 11 nitrogen and oxygen atoms in total. The van der Waals surface area contributed by atoms with Crippen LogP contribution in [0.15, 0.2) is 12.5 Å². The van der Waals surface area contributed by atoms with E-state index < -0.39 is 48.3 Å². The molecular weight excluding hydrogens is 334 g/mol. The summed E-state index contributed by atoms with van der Waals surface area (Å²) >= 11 is 0. The Balaban J connectivity index is 2.88. The van der Waals surface area contributed by atoms with Crippen LogP contribution in [0.2, 0.25) is 0 Å². The second-order valence-electron chi connectivity index (χ2n) is 5.34. The van der Waals surface area contributed by atoms with Gasteiger partial charge < -0.3 is 31.6 Å². The first-order chi connectivity index (χ1) is 11.7. The van der Waals surface area contributed by atoms with E-state index >= 15 is 0 Å². The van der Waals surface area contributed by atoms with Crippen molar-refractivity contribution in [2.75, 3.05) is 0 Å². The van der Waals surface area contributed by atoms with Crippen molar-refractivity contribution in [3.8, 4) is 0 Å². The predicted octanol–water partition coefficient (Wildman–Crippen LogP) is -1.78. The maximum Gasteiger partial charge on any atom is 0.326 e. The first-order valence-electron chi connectivity index (χ1n) is 7.53. The third-order valence-corrected chi connectivity index (χ3v) is 3.37. The van der Waals surface area contributed by atoms with Crippen LogP contribution in [-0.4, -0.2) is 62.1 Å². The van der Waals surface area contributed by atoms with Gasteiger partial charge in [-0.2, -0.15) is 0 Å². The van der Waals surface area contributed by atoms with E-state index in [1.807, 2.05) is 0 Å². The zero-order chi connectivity index (χ0) is 19.0.